The summed E-state index contributed by atoms with van der Waals surface area (Å²) in [5, 5.41) is 17.7. The van der Waals surface area contributed by atoms with Crippen LogP contribution in [-0.4, -0.2) is 42.2 Å². The lowest BCUT2D eigenvalue weighted by Gasteiger charge is -2.37. The summed E-state index contributed by atoms with van der Waals surface area (Å²) >= 11 is 0. The molecule has 2 rings (SSSR count). The van der Waals surface area contributed by atoms with Crippen LogP contribution >= 0.6 is 0 Å². The van der Waals surface area contributed by atoms with E-state index in [2.05, 4.69) is 39.3 Å². The van der Waals surface area contributed by atoms with Gasteiger partial charge < -0.3 is 9.53 Å². The number of carboxylic acid groups (broad SMARTS) is 1. The van der Waals surface area contributed by atoms with Crippen LogP contribution in [0, 0.1) is 5.41 Å². The summed E-state index contributed by atoms with van der Waals surface area (Å²) in [4.78, 5) is 24.0. The number of amides is 1. The monoisotopic (exact) mass is 377 g/mol. The Morgan fingerprint density at radius 3 is 2.38 bits per heavy atom. The van der Waals surface area contributed by atoms with Crippen molar-refractivity contribution >= 4 is 26.0 Å². The molecule has 7 nitrogen and oxygen atoms in total. The van der Waals surface area contributed by atoms with E-state index in [0.29, 0.717) is 6.42 Å². The number of rotatable bonds is 4. The Bertz CT molecular complexity index is 700. The summed E-state index contributed by atoms with van der Waals surface area (Å²) in [6.45, 7) is 10.5. The third-order valence-electron chi connectivity index (χ3n) is 5.14. The van der Waals surface area contributed by atoms with Crippen LogP contribution in [0.25, 0.3) is 0 Å². The van der Waals surface area contributed by atoms with Crippen LogP contribution in [-0.2, 0) is 14.0 Å². The van der Waals surface area contributed by atoms with Crippen molar-refractivity contribution in [1.29, 1.82) is 5.41 Å². The van der Waals surface area contributed by atoms with Crippen molar-refractivity contribution in [3.05, 3.63) is 35.9 Å². The Balaban J connectivity index is 2.30. The third kappa shape index (κ3) is 4.13. The van der Waals surface area contributed by atoms with Gasteiger partial charge in [0.1, 0.15) is 6.10 Å². The van der Waals surface area contributed by atoms with Gasteiger partial charge in [0.05, 0.1) is 6.04 Å². The van der Waals surface area contributed by atoms with E-state index >= 15 is 0 Å². The molecule has 1 aliphatic rings. The van der Waals surface area contributed by atoms with Gasteiger partial charge in [0.25, 0.3) is 5.91 Å². The molecule has 2 atom stereocenters. The number of aliphatic carboxylic acids is 1. The molecule has 1 aromatic carbocycles. The molecule has 1 saturated heterocycles. The molecule has 8 heteroatoms. The summed E-state index contributed by atoms with van der Waals surface area (Å²) in [7, 11) is -2.18. The SMILES string of the molecule is CC(C)(C)[Si](C)(C)O[C@H]1C[C@@H](c2ccccc2)N(NC(=N)C(=O)O)C1=O. The summed E-state index contributed by atoms with van der Waals surface area (Å²) in [6.07, 6.45) is -0.245. The van der Waals surface area contributed by atoms with Gasteiger partial charge in [-0.15, -0.1) is 0 Å². The molecular formula is C18H27N3O4Si. The molecule has 0 bridgehead atoms. The van der Waals surface area contributed by atoms with E-state index in [1.54, 1.807) is 0 Å². The van der Waals surface area contributed by atoms with Gasteiger partial charge in [-0.05, 0) is 23.7 Å². The zero-order valence-corrected chi connectivity index (χ0v) is 16.9. The highest BCUT2D eigenvalue weighted by molar-refractivity contribution is 6.74. The van der Waals surface area contributed by atoms with E-state index in [0.717, 1.165) is 5.56 Å². The van der Waals surface area contributed by atoms with Crippen molar-refractivity contribution in [2.45, 2.75) is 57.5 Å². The van der Waals surface area contributed by atoms with Gasteiger partial charge >= 0.3 is 5.97 Å². The fourth-order valence-corrected chi connectivity index (χ4v) is 3.87. The molecule has 3 N–H and O–H groups in total. The fraction of sp³-hybridized carbons (Fsp3) is 0.500. The second-order valence-corrected chi connectivity index (χ2v) is 12.8. The first-order valence-electron chi connectivity index (χ1n) is 8.58. The van der Waals surface area contributed by atoms with E-state index in [-0.39, 0.29) is 10.9 Å². The number of nitrogens with zero attached hydrogens (tertiary/aromatic N) is 1. The van der Waals surface area contributed by atoms with E-state index in [1.165, 1.54) is 5.01 Å². The quantitative estimate of drug-likeness (QED) is 0.425. The maximum Gasteiger partial charge on any atom is 0.372 e. The number of carbonyl (C=O) groups is 2. The van der Waals surface area contributed by atoms with Gasteiger partial charge in [-0.1, -0.05) is 51.1 Å². The lowest BCUT2D eigenvalue weighted by molar-refractivity contribution is -0.137. The Kier molecular flexibility index (Phi) is 5.57. The third-order valence-corrected chi connectivity index (χ3v) is 9.62. The van der Waals surface area contributed by atoms with E-state index in [9.17, 15) is 9.59 Å². The molecule has 1 aromatic rings. The first-order chi connectivity index (χ1) is 11.9. The number of carboxylic acids is 1. The smallest absolute Gasteiger partial charge is 0.372 e. The predicted octanol–water partition coefficient (Wildman–Crippen LogP) is 2.92. The molecule has 1 aliphatic heterocycles. The average Bonchev–Trinajstić information content (AvgIpc) is 2.83. The van der Waals surface area contributed by atoms with E-state index in [1.807, 2.05) is 30.3 Å². The predicted molar refractivity (Wildman–Crippen MR) is 101 cm³/mol. The molecule has 26 heavy (non-hydrogen) atoms. The summed E-state index contributed by atoms with van der Waals surface area (Å²) in [6, 6.07) is 8.97. The molecule has 0 aliphatic carbocycles. The number of carbonyl (C=O) groups excluding carboxylic acids is 1. The molecule has 1 heterocycles. The average molecular weight is 378 g/mol. The second-order valence-electron chi connectivity index (χ2n) is 8.03. The van der Waals surface area contributed by atoms with Gasteiger partial charge in [0, 0.05) is 6.42 Å². The van der Waals surface area contributed by atoms with Gasteiger partial charge in [-0.3, -0.25) is 15.6 Å². The van der Waals surface area contributed by atoms with Gasteiger partial charge in [-0.2, -0.15) is 0 Å². The first-order valence-corrected chi connectivity index (χ1v) is 11.5. The van der Waals surface area contributed by atoms with Gasteiger partial charge in [0.2, 0.25) is 5.84 Å². The minimum atomic E-state index is -2.18. The number of benzene rings is 1. The van der Waals surface area contributed by atoms with E-state index in [4.69, 9.17) is 14.9 Å². The van der Waals surface area contributed by atoms with E-state index < -0.39 is 32.3 Å². The lowest BCUT2D eigenvalue weighted by Crippen LogP contribution is -2.50. The van der Waals surface area contributed by atoms with Crippen molar-refractivity contribution in [1.82, 2.24) is 10.4 Å². The molecular weight excluding hydrogens is 350 g/mol. The molecule has 0 unspecified atom stereocenters. The van der Waals surface area contributed by atoms with Crippen molar-refractivity contribution in [2.24, 2.45) is 0 Å². The van der Waals surface area contributed by atoms with Crippen molar-refractivity contribution < 1.29 is 19.1 Å². The standard InChI is InChI=1S/C18H27N3O4Si/c1-18(2,3)26(4,5)25-14-11-13(12-9-7-6-8-10-12)21(16(14)22)20-15(19)17(23)24/h6-10,13-14H,11H2,1-5H3,(H2,19,20)(H,23,24)/t13-,14-/m0/s1. The molecule has 1 amide bonds. The van der Waals surface area contributed by atoms with Crippen LogP contribution in [0.3, 0.4) is 0 Å². The van der Waals surface area contributed by atoms with Gasteiger partial charge in [0.15, 0.2) is 8.32 Å². The molecule has 0 aromatic heterocycles. The van der Waals surface area contributed by atoms with Crippen LogP contribution in [0.4, 0.5) is 0 Å². The number of hydrazine groups is 1. The van der Waals surface area contributed by atoms with Crippen LogP contribution in [0.1, 0.15) is 38.8 Å². The van der Waals surface area contributed by atoms with Crippen LogP contribution in [0.2, 0.25) is 18.1 Å². The fourth-order valence-electron chi connectivity index (χ4n) is 2.61. The normalized spacial score (nSPS) is 21.0. The minimum absolute atomic E-state index is 0.0514. The highest BCUT2D eigenvalue weighted by Crippen LogP contribution is 2.41. The maximum absolute atomic E-state index is 12.9. The largest absolute Gasteiger partial charge is 0.475 e. The maximum atomic E-state index is 12.9. The molecule has 0 saturated carbocycles. The van der Waals surface area contributed by atoms with Crippen LogP contribution in [0.15, 0.2) is 30.3 Å². The van der Waals surface area contributed by atoms with Crippen LogP contribution in [0.5, 0.6) is 0 Å². The molecule has 0 radical (unpaired) electrons. The first kappa shape index (κ1) is 20.1. The zero-order valence-electron chi connectivity index (χ0n) is 15.9. The lowest BCUT2D eigenvalue weighted by atomic mass is 10.0. The molecule has 142 valence electrons. The van der Waals surface area contributed by atoms with Crippen molar-refractivity contribution in [3.8, 4) is 0 Å². The van der Waals surface area contributed by atoms with Crippen molar-refractivity contribution in [3.63, 3.8) is 0 Å². The molecule has 1 fully saturated rings. The summed E-state index contributed by atoms with van der Waals surface area (Å²) < 4.78 is 6.29. The number of amidine groups is 1. The topological polar surface area (TPSA) is 103 Å². The number of hydrogen-bond donors (Lipinski definition) is 3. The Labute approximate surface area is 155 Å². The Morgan fingerprint density at radius 2 is 1.88 bits per heavy atom. The highest BCUT2D eigenvalue weighted by Gasteiger charge is 2.47. The number of nitrogens with one attached hydrogen (secondary N) is 2. The summed E-state index contributed by atoms with van der Waals surface area (Å²) in [5.41, 5.74) is 3.30. The Morgan fingerprint density at radius 1 is 1.31 bits per heavy atom. The highest BCUT2D eigenvalue weighted by atomic mass is 28.4. The van der Waals surface area contributed by atoms with Crippen molar-refractivity contribution in [2.75, 3.05) is 0 Å². The minimum Gasteiger partial charge on any atom is -0.475 e. The Hall–Kier alpha value is -2.19. The second kappa shape index (κ2) is 7.20. The number of hydrogen-bond acceptors (Lipinski definition) is 4. The van der Waals surface area contributed by atoms with Gasteiger partial charge in [-0.25, -0.2) is 9.80 Å². The molecule has 0 spiro atoms. The van der Waals surface area contributed by atoms with Crippen LogP contribution < -0.4 is 5.43 Å². The zero-order chi connectivity index (χ0) is 19.7. The summed E-state index contributed by atoms with van der Waals surface area (Å²) in [5.74, 6) is -2.50.